The van der Waals surface area contributed by atoms with Gasteiger partial charge in [-0.2, -0.15) is 5.10 Å². The van der Waals surface area contributed by atoms with E-state index in [1.54, 1.807) is 15.8 Å². The molecule has 6 nitrogen and oxygen atoms in total. The molecule has 1 N–H and O–H groups in total. The van der Waals surface area contributed by atoms with Gasteiger partial charge in [0.2, 0.25) is 0 Å². The van der Waals surface area contributed by atoms with Gasteiger partial charge in [0.15, 0.2) is 0 Å². The maximum atomic E-state index is 12.1. The average molecular weight is 280 g/mol. The maximum absolute atomic E-state index is 12.1. The number of piperidine rings is 1. The van der Waals surface area contributed by atoms with Crippen molar-refractivity contribution in [3.05, 3.63) is 12.4 Å². The summed E-state index contributed by atoms with van der Waals surface area (Å²) < 4.78 is 7.18. The zero-order valence-corrected chi connectivity index (χ0v) is 12.7. The quantitative estimate of drug-likeness (QED) is 0.902. The molecular formula is C14H24N4O2. The van der Waals surface area contributed by atoms with E-state index in [1.165, 1.54) is 0 Å². The first-order chi connectivity index (χ1) is 9.33. The van der Waals surface area contributed by atoms with Gasteiger partial charge < -0.3 is 15.0 Å². The number of rotatable bonds is 2. The van der Waals surface area contributed by atoms with Crippen molar-refractivity contribution in [1.29, 1.82) is 0 Å². The van der Waals surface area contributed by atoms with Gasteiger partial charge in [0.1, 0.15) is 5.60 Å². The van der Waals surface area contributed by atoms with Gasteiger partial charge in [-0.25, -0.2) is 4.79 Å². The van der Waals surface area contributed by atoms with E-state index >= 15 is 0 Å². The number of likely N-dealkylation sites (tertiary alicyclic amines) is 1. The molecule has 20 heavy (non-hydrogen) atoms. The minimum Gasteiger partial charge on any atom is -0.444 e. The van der Waals surface area contributed by atoms with Gasteiger partial charge in [0.05, 0.1) is 11.9 Å². The molecule has 0 aromatic carbocycles. The van der Waals surface area contributed by atoms with Crippen LogP contribution in [0.1, 0.15) is 33.6 Å². The molecule has 1 fully saturated rings. The van der Waals surface area contributed by atoms with Crippen molar-refractivity contribution in [3.8, 4) is 0 Å². The van der Waals surface area contributed by atoms with Crippen LogP contribution in [0.15, 0.2) is 12.4 Å². The molecule has 1 aromatic heterocycles. The summed E-state index contributed by atoms with van der Waals surface area (Å²) in [7, 11) is 1.89. The number of anilines is 1. The number of aryl methyl sites for hydroxylation is 1. The van der Waals surface area contributed by atoms with E-state index in [0.717, 1.165) is 25.1 Å². The molecule has 1 aliphatic heterocycles. The summed E-state index contributed by atoms with van der Waals surface area (Å²) in [6.45, 7) is 7.10. The second-order valence-corrected chi connectivity index (χ2v) is 6.31. The number of ether oxygens (including phenoxy) is 1. The Kier molecular flexibility index (Phi) is 4.20. The molecular weight excluding hydrogens is 256 g/mol. The van der Waals surface area contributed by atoms with E-state index in [1.807, 2.05) is 34.0 Å². The number of nitrogens with zero attached hydrogens (tertiary/aromatic N) is 3. The lowest BCUT2D eigenvalue weighted by molar-refractivity contribution is 0.0206. The molecule has 1 aromatic rings. The Morgan fingerprint density at radius 3 is 2.85 bits per heavy atom. The third-order valence-electron chi connectivity index (χ3n) is 3.15. The number of aromatic nitrogens is 2. The van der Waals surface area contributed by atoms with Crippen molar-refractivity contribution >= 4 is 11.8 Å². The van der Waals surface area contributed by atoms with E-state index in [-0.39, 0.29) is 12.1 Å². The van der Waals surface area contributed by atoms with E-state index in [9.17, 15) is 4.79 Å². The Morgan fingerprint density at radius 1 is 1.50 bits per heavy atom. The fourth-order valence-corrected chi connectivity index (χ4v) is 2.32. The van der Waals surface area contributed by atoms with Crippen molar-refractivity contribution in [1.82, 2.24) is 14.7 Å². The Morgan fingerprint density at radius 2 is 2.25 bits per heavy atom. The number of amides is 1. The molecule has 0 bridgehead atoms. The largest absolute Gasteiger partial charge is 0.444 e. The molecule has 0 aliphatic carbocycles. The minimum atomic E-state index is -0.444. The summed E-state index contributed by atoms with van der Waals surface area (Å²) in [6, 6.07) is 0.250. The second-order valence-electron chi connectivity index (χ2n) is 6.31. The van der Waals surface area contributed by atoms with Gasteiger partial charge in [-0.05, 0) is 33.6 Å². The summed E-state index contributed by atoms with van der Waals surface area (Å²) in [5.41, 5.74) is 0.546. The normalized spacial score (nSPS) is 19.8. The summed E-state index contributed by atoms with van der Waals surface area (Å²) in [5, 5.41) is 7.55. The molecule has 2 rings (SSSR count). The summed E-state index contributed by atoms with van der Waals surface area (Å²) >= 11 is 0. The molecule has 0 spiro atoms. The molecule has 112 valence electrons. The van der Waals surface area contributed by atoms with Gasteiger partial charge in [0.25, 0.3) is 0 Å². The Hall–Kier alpha value is -1.72. The van der Waals surface area contributed by atoms with Crippen molar-refractivity contribution in [2.45, 2.75) is 45.3 Å². The number of carbonyl (C=O) groups is 1. The molecule has 6 heteroatoms. The van der Waals surface area contributed by atoms with Gasteiger partial charge >= 0.3 is 6.09 Å². The van der Waals surface area contributed by atoms with Crippen LogP contribution in [0.3, 0.4) is 0 Å². The van der Waals surface area contributed by atoms with Crippen molar-refractivity contribution in [2.75, 3.05) is 18.4 Å². The predicted molar refractivity (Wildman–Crippen MR) is 77.7 cm³/mol. The van der Waals surface area contributed by atoms with Gasteiger partial charge in [-0.15, -0.1) is 0 Å². The highest BCUT2D eigenvalue weighted by atomic mass is 16.6. The van der Waals surface area contributed by atoms with Crippen molar-refractivity contribution in [3.63, 3.8) is 0 Å². The van der Waals surface area contributed by atoms with Gasteiger partial charge in [0, 0.05) is 32.4 Å². The van der Waals surface area contributed by atoms with E-state index in [2.05, 4.69) is 10.4 Å². The number of nitrogens with one attached hydrogen (secondary N) is 1. The lowest BCUT2D eigenvalue weighted by Gasteiger charge is -2.34. The molecule has 1 amide bonds. The highest BCUT2D eigenvalue weighted by molar-refractivity contribution is 5.68. The van der Waals surface area contributed by atoms with Crippen LogP contribution in [0.5, 0.6) is 0 Å². The highest BCUT2D eigenvalue weighted by Crippen LogP contribution is 2.18. The summed E-state index contributed by atoms with van der Waals surface area (Å²) in [6.07, 6.45) is 5.54. The fraction of sp³-hybridized carbons (Fsp3) is 0.714. The van der Waals surface area contributed by atoms with Crippen molar-refractivity contribution in [2.24, 2.45) is 7.05 Å². The van der Waals surface area contributed by atoms with Crippen molar-refractivity contribution < 1.29 is 9.53 Å². The zero-order chi connectivity index (χ0) is 14.8. The zero-order valence-electron chi connectivity index (χ0n) is 12.7. The first-order valence-electron chi connectivity index (χ1n) is 7.06. The van der Waals surface area contributed by atoms with Gasteiger partial charge in [-0.3, -0.25) is 4.68 Å². The molecule has 0 saturated carbocycles. The first-order valence-corrected chi connectivity index (χ1v) is 7.06. The number of hydrogen-bond donors (Lipinski definition) is 1. The molecule has 1 aliphatic rings. The fourth-order valence-electron chi connectivity index (χ4n) is 2.32. The molecule has 1 saturated heterocycles. The predicted octanol–water partition coefficient (Wildman–Crippen LogP) is 2.23. The summed E-state index contributed by atoms with van der Waals surface area (Å²) in [4.78, 5) is 13.9. The Bertz CT molecular complexity index is 464. The van der Waals surface area contributed by atoms with Crippen LogP contribution in [0, 0.1) is 0 Å². The lowest BCUT2D eigenvalue weighted by atomic mass is 10.1. The van der Waals surface area contributed by atoms with Crippen LogP contribution >= 0.6 is 0 Å². The average Bonchev–Trinajstić information content (AvgIpc) is 2.73. The Balaban J connectivity index is 1.90. The van der Waals surface area contributed by atoms with E-state index < -0.39 is 5.60 Å². The van der Waals surface area contributed by atoms with Crippen LogP contribution in [-0.2, 0) is 11.8 Å². The lowest BCUT2D eigenvalue weighted by Crippen LogP contribution is -2.46. The maximum Gasteiger partial charge on any atom is 0.410 e. The molecule has 1 atom stereocenters. The monoisotopic (exact) mass is 280 g/mol. The van der Waals surface area contributed by atoms with E-state index in [4.69, 9.17) is 4.74 Å². The molecule has 0 radical (unpaired) electrons. The third-order valence-corrected chi connectivity index (χ3v) is 3.15. The number of carbonyl (C=O) groups excluding carboxylic acids is 1. The van der Waals surface area contributed by atoms with Crippen LogP contribution in [-0.4, -0.2) is 45.5 Å². The second kappa shape index (κ2) is 5.73. The molecule has 2 heterocycles. The SMILES string of the molecule is Cn1cc(N[C@@H]2CCCN(C(=O)OC(C)(C)C)C2)cn1. The van der Waals surface area contributed by atoms with Crippen LogP contribution in [0.25, 0.3) is 0 Å². The Labute approximate surface area is 120 Å². The van der Waals surface area contributed by atoms with Crippen LogP contribution in [0.2, 0.25) is 0 Å². The first kappa shape index (κ1) is 14.7. The van der Waals surface area contributed by atoms with E-state index in [0.29, 0.717) is 6.54 Å². The van der Waals surface area contributed by atoms with Gasteiger partial charge in [-0.1, -0.05) is 0 Å². The highest BCUT2D eigenvalue weighted by Gasteiger charge is 2.27. The summed E-state index contributed by atoms with van der Waals surface area (Å²) in [5.74, 6) is 0. The minimum absolute atomic E-state index is 0.227. The topological polar surface area (TPSA) is 59.4 Å². The molecule has 0 unspecified atom stereocenters. The van der Waals surface area contributed by atoms with Crippen LogP contribution < -0.4 is 5.32 Å². The third kappa shape index (κ3) is 4.15. The smallest absolute Gasteiger partial charge is 0.410 e. The van der Waals surface area contributed by atoms with Crippen LogP contribution in [0.4, 0.5) is 10.5 Å². The number of hydrogen-bond acceptors (Lipinski definition) is 4. The standard InChI is InChI=1S/C14H24N4O2/c1-14(2,3)20-13(19)18-7-5-6-11(10-18)16-12-8-15-17(4)9-12/h8-9,11,16H,5-7,10H2,1-4H3/t11-/m1/s1.